The van der Waals surface area contributed by atoms with Crippen molar-refractivity contribution < 1.29 is 52.8 Å². The maximum absolute atomic E-state index is 11.4. The Bertz CT molecular complexity index is 2750. The second kappa shape index (κ2) is 30.5. The highest BCUT2D eigenvalue weighted by Gasteiger charge is 2.33. The van der Waals surface area contributed by atoms with Crippen LogP contribution in [0.4, 0.5) is 25.8 Å². The number of nitrogens with two attached hydrogens (primary N) is 1. The molecule has 83 heavy (non-hydrogen) atoms. The lowest BCUT2D eigenvalue weighted by atomic mass is 9.79. The van der Waals surface area contributed by atoms with E-state index in [2.05, 4.69) is 177 Å². The van der Waals surface area contributed by atoms with Crippen LogP contribution in [0.1, 0.15) is 231 Å². The maximum Gasteiger partial charge on any atom is 0.513 e. The predicted octanol–water partition coefficient (Wildman–Crippen LogP) is 18.1. The van der Waals surface area contributed by atoms with Gasteiger partial charge < -0.3 is 44.2 Å². The van der Waals surface area contributed by atoms with Crippen LogP contribution in [-0.4, -0.2) is 74.4 Å². The monoisotopic (exact) mass is 1160 g/mol. The highest BCUT2D eigenvalue weighted by Crippen LogP contribution is 2.43. The molecule has 0 amide bonds. The number of nitrogens with zero attached hydrogens (tertiary/aromatic N) is 2. The van der Waals surface area contributed by atoms with Crippen LogP contribution in [0.2, 0.25) is 0 Å². The lowest BCUT2D eigenvalue weighted by molar-refractivity contribution is -0.386. The van der Waals surface area contributed by atoms with Gasteiger partial charge in [0.1, 0.15) is 23.0 Å². The summed E-state index contributed by atoms with van der Waals surface area (Å²) in [5.74, 6) is 1.57. The number of carbonyl (C=O) groups is 3. The van der Waals surface area contributed by atoms with Crippen LogP contribution in [-0.2, 0) is 57.5 Å². The summed E-state index contributed by atoms with van der Waals surface area (Å²) in [7, 11) is 3.78. The van der Waals surface area contributed by atoms with Gasteiger partial charge in [-0.2, -0.15) is 0 Å². The summed E-state index contributed by atoms with van der Waals surface area (Å²) in [5, 5.41) is 21.2. The fourth-order valence-electron chi connectivity index (χ4n) is 8.25. The molecule has 468 valence electrons. The van der Waals surface area contributed by atoms with Gasteiger partial charge in [-0.05, 0) is 109 Å². The number of hydrogen-bond acceptors (Lipinski definition) is 14. The quantitative estimate of drug-likeness (QED) is 0.0442. The number of nitrogen functional groups attached to an aromatic ring is 1. The molecule has 0 saturated heterocycles. The van der Waals surface area contributed by atoms with Crippen LogP contribution >= 0.6 is 0 Å². The van der Waals surface area contributed by atoms with E-state index < -0.39 is 28.8 Å². The molecule has 4 rings (SSSR count). The van der Waals surface area contributed by atoms with Crippen molar-refractivity contribution in [3.8, 4) is 23.0 Å². The smallest absolute Gasteiger partial charge is 0.508 e. The molecule has 0 aromatic heterocycles. The fourth-order valence-corrected chi connectivity index (χ4v) is 8.25. The summed E-state index contributed by atoms with van der Waals surface area (Å²) in [6.07, 6.45) is -2.32. The molecule has 0 aliphatic rings. The largest absolute Gasteiger partial charge is 0.513 e. The number of phenolic OH excluding ortho intramolecular Hbond substituents is 1. The van der Waals surface area contributed by atoms with Crippen molar-refractivity contribution in [3.63, 3.8) is 0 Å². The molecular weight excluding hydrogens is 1050 g/mol. The van der Waals surface area contributed by atoms with E-state index >= 15 is 0 Å². The van der Waals surface area contributed by atoms with Crippen LogP contribution in [0.5, 0.6) is 23.0 Å². The zero-order valence-corrected chi connectivity index (χ0v) is 56.8. The minimum atomic E-state index is -0.900. The number of ether oxygens (including phenoxy) is 6. The third-order valence-corrected chi connectivity index (χ3v) is 13.4. The Morgan fingerprint density at radius 1 is 0.434 bits per heavy atom. The number of hydrogen-bond donors (Lipinski definition) is 2. The van der Waals surface area contributed by atoms with Crippen molar-refractivity contribution in [2.75, 3.05) is 46.7 Å². The molecule has 0 aliphatic carbocycles. The van der Waals surface area contributed by atoms with E-state index in [1.54, 1.807) is 18.2 Å². The van der Waals surface area contributed by atoms with Gasteiger partial charge in [-0.15, -0.1) is 0 Å². The van der Waals surface area contributed by atoms with Gasteiger partial charge in [-0.1, -0.05) is 211 Å². The van der Waals surface area contributed by atoms with Gasteiger partial charge in [-0.25, -0.2) is 14.4 Å². The molecule has 0 bridgehead atoms. The van der Waals surface area contributed by atoms with E-state index in [4.69, 9.17) is 19.9 Å². The van der Waals surface area contributed by atoms with Gasteiger partial charge >= 0.3 is 18.5 Å². The third-order valence-electron chi connectivity index (χ3n) is 13.4. The fraction of sp³-hybridized carbons (Fsp3) is 0.603. The zero-order valence-electron chi connectivity index (χ0n) is 56.8. The van der Waals surface area contributed by atoms with E-state index in [0.29, 0.717) is 34.1 Å². The molecule has 0 unspecified atom stereocenters. The van der Waals surface area contributed by atoms with E-state index in [1.165, 1.54) is 58.2 Å². The maximum atomic E-state index is 11.4. The van der Waals surface area contributed by atoms with Gasteiger partial charge in [0, 0.05) is 34.0 Å². The van der Waals surface area contributed by atoms with Crippen molar-refractivity contribution in [1.29, 1.82) is 0 Å². The van der Waals surface area contributed by atoms with E-state index in [0.717, 1.165) is 22.3 Å². The van der Waals surface area contributed by atoms with Crippen LogP contribution in [0.25, 0.3) is 0 Å². The summed E-state index contributed by atoms with van der Waals surface area (Å²) in [4.78, 5) is 47.4. The Kier molecular flexibility index (Phi) is 28.1. The van der Waals surface area contributed by atoms with Gasteiger partial charge in [-0.3, -0.25) is 10.1 Å². The Morgan fingerprint density at radius 3 is 1.04 bits per heavy atom. The first kappa shape index (κ1) is 76.7. The molecule has 0 aliphatic heterocycles. The molecule has 0 radical (unpaired) electrons. The lowest BCUT2D eigenvalue weighted by Gasteiger charge is -2.28. The predicted molar refractivity (Wildman–Crippen MR) is 341 cm³/mol. The van der Waals surface area contributed by atoms with Crippen molar-refractivity contribution >= 4 is 29.8 Å². The summed E-state index contributed by atoms with van der Waals surface area (Å²) in [5.41, 5.74) is 13.5. The highest BCUT2D eigenvalue weighted by atomic mass is 16.7. The van der Waals surface area contributed by atoms with Gasteiger partial charge in [0.05, 0.1) is 32.3 Å². The average molecular weight is 1160 g/mol. The molecule has 0 atom stereocenters. The molecule has 4 aromatic rings. The van der Waals surface area contributed by atoms with Gasteiger partial charge in [0.2, 0.25) is 0 Å². The van der Waals surface area contributed by atoms with E-state index in [9.17, 15) is 29.6 Å². The van der Waals surface area contributed by atoms with Crippen molar-refractivity contribution in [2.45, 2.75) is 230 Å². The summed E-state index contributed by atoms with van der Waals surface area (Å²) in [6.45, 7) is 59.9. The number of carbonyl (C=O) groups excluding carboxylic acids is 3. The first-order valence-electron chi connectivity index (χ1n) is 28.6. The van der Waals surface area contributed by atoms with E-state index in [-0.39, 0.29) is 49.3 Å². The summed E-state index contributed by atoms with van der Waals surface area (Å²) in [6, 6.07) is 18.7. The normalized spacial score (nSPS) is 12.1. The minimum absolute atomic E-state index is 0.00859. The Balaban J connectivity index is 0.00000105. The van der Waals surface area contributed by atoms with Gasteiger partial charge in [0.25, 0.3) is 5.69 Å². The average Bonchev–Trinajstić information content (AvgIpc) is 3.47. The third kappa shape index (κ3) is 25.2. The molecule has 0 fully saturated rings. The number of rotatable bonds is 7. The number of nitro benzene ring substituents is 1. The Morgan fingerprint density at radius 2 is 0.735 bits per heavy atom. The number of aromatic hydroxyl groups is 1. The molecule has 15 nitrogen and oxygen atoms in total. The van der Waals surface area contributed by atoms with Crippen molar-refractivity contribution in [1.82, 2.24) is 4.90 Å². The molecule has 4 aromatic carbocycles. The van der Waals surface area contributed by atoms with Crippen molar-refractivity contribution in [2.24, 2.45) is 0 Å². The molecule has 0 spiro atoms. The van der Waals surface area contributed by atoms with E-state index in [1.807, 2.05) is 65.8 Å². The van der Waals surface area contributed by atoms with Crippen LogP contribution in [0.15, 0.2) is 60.7 Å². The standard InChI is InChI=1S/C16H23NO5.C16H25NO3.C16H24O3.C14H22O.C6H15N/c1-15(2,3)10-8-11(16(4,5)6)13(22-14(18)21-7)9-12(10)17(19)20;1-15(2,3)10-8-11(16(4,5)6)13(9-12(10)17)20-14(18)19-7;1-15(2,3)11-8-9-13(19-14(17)18-7)12(10-11)16(4,5)6;1-13(2,3)10-7-8-12(15)11(9-10)14(4,5)6;1-4-7(5-2)6-3/h8-9H,1-7H3;8-9H,17H2,1-7H3;8-10H,1-7H3;7-9,15H,1-6H3;4-6H2,1-3H3. The first-order chi connectivity index (χ1) is 37.4. The zero-order chi connectivity index (χ0) is 65.4. The topological polar surface area (TPSA) is 199 Å². The van der Waals surface area contributed by atoms with Crippen LogP contribution in [0.3, 0.4) is 0 Å². The van der Waals surface area contributed by atoms with Gasteiger partial charge in [0.15, 0.2) is 0 Å². The van der Waals surface area contributed by atoms with Crippen LogP contribution < -0.4 is 19.9 Å². The number of methoxy groups -OCH3 is 3. The highest BCUT2D eigenvalue weighted by molar-refractivity contribution is 5.69. The SMILES string of the molecule is CC(C)(C)c1ccc(O)c(C(C)(C)C)c1.CCN(CC)CC.COC(=O)Oc1cc(N)c(C(C)(C)C)cc1C(C)(C)C.COC(=O)Oc1cc([N+](=O)[O-])c(C(C)(C)C)cc1C(C)(C)C.COC(=O)Oc1ccc(C(C)(C)C)cc1C(C)(C)C. The lowest BCUT2D eigenvalue weighted by Crippen LogP contribution is -2.21. The summed E-state index contributed by atoms with van der Waals surface area (Å²) < 4.78 is 29.2. The Hall–Kier alpha value is -6.35. The number of nitro groups is 1. The number of benzene rings is 4. The summed E-state index contributed by atoms with van der Waals surface area (Å²) >= 11 is 0. The van der Waals surface area contributed by atoms with Crippen molar-refractivity contribution in [3.05, 3.63) is 115 Å². The number of phenols is 1. The second-order valence-corrected chi connectivity index (χ2v) is 28.8. The minimum Gasteiger partial charge on any atom is -0.508 e. The van der Waals surface area contributed by atoms with Crippen LogP contribution in [0, 0.1) is 10.1 Å². The molecule has 3 N–H and O–H groups in total. The first-order valence-corrected chi connectivity index (χ1v) is 28.6. The number of anilines is 1. The molecular formula is C68H109N3O12. The molecule has 0 saturated carbocycles. The molecule has 15 heteroatoms. The molecule has 0 heterocycles. The second-order valence-electron chi connectivity index (χ2n) is 28.8. The Labute approximate surface area is 500 Å².